The first kappa shape index (κ1) is 20.6. The quantitative estimate of drug-likeness (QED) is 0.698. The number of carbonyl (C=O) groups excluding carboxylic acids is 1. The number of benzene rings is 1. The summed E-state index contributed by atoms with van der Waals surface area (Å²) in [4.78, 5) is 34.7. The van der Waals surface area contributed by atoms with Gasteiger partial charge >= 0.3 is 5.97 Å². The molecule has 0 aliphatic carbocycles. The van der Waals surface area contributed by atoms with E-state index in [2.05, 4.69) is 20.2 Å². The summed E-state index contributed by atoms with van der Waals surface area (Å²) in [5.41, 5.74) is 0.814. The summed E-state index contributed by atoms with van der Waals surface area (Å²) >= 11 is 0. The number of nitrogens with one attached hydrogen (secondary N) is 1. The molecule has 1 atom stereocenters. The van der Waals surface area contributed by atoms with Gasteiger partial charge in [-0.15, -0.1) is 0 Å². The molecule has 2 heterocycles. The topological polar surface area (TPSA) is 105 Å². The molecule has 29 heavy (non-hydrogen) atoms. The van der Waals surface area contributed by atoms with Crippen LogP contribution >= 0.6 is 0 Å². The Kier molecular flexibility index (Phi) is 6.99. The van der Waals surface area contributed by atoms with E-state index in [1.54, 1.807) is 31.8 Å². The number of piperidine rings is 1. The highest BCUT2D eigenvalue weighted by Crippen LogP contribution is 2.23. The number of hydrogen-bond donors (Lipinski definition) is 2. The van der Waals surface area contributed by atoms with E-state index in [1.807, 2.05) is 18.2 Å². The van der Waals surface area contributed by atoms with Crippen molar-refractivity contribution in [3.63, 3.8) is 0 Å². The van der Waals surface area contributed by atoms with Crippen molar-refractivity contribution < 1.29 is 19.4 Å². The van der Waals surface area contributed by atoms with E-state index in [-0.39, 0.29) is 18.4 Å². The fourth-order valence-corrected chi connectivity index (χ4v) is 3.58. The first-order chi connectivity index (χ1) is 14.1. The average molecular weight is 398 g/mol. The highest BCUT2D eigenvalue weighted by molar-refractivity contribution is 5.80. The van der Waals surface area contributed by atoms with Crippen molar-refractivity contribution in [2.75, 3.05) is 31.6 Å². The maximum Gasteiger partial charge on any atom is 0.308 e. The number of carboxylic acids is 1. The fourth-order valence-electron chi connectivity index (χ4n) is 3.58. The molecule has 1 aromatic heterocycles. The van der Waals surface area contributed by atoms with Crippen LogP contribution in [0.5, 0.6) is 5.75 Å². The molecular weight excluding hydrogens is 372 g/mol. The lowest BCUT2D eigenvalue weighted by molar-refractivity contribution is -0.141. The molecule has 2 aromatic rings. The largest absolute Gasteiger partial charge is 0.496 e. The highest BCUT2D eigenvalue weighted by Gasteiger charge is 2.27. The number of para-hydroxylation sites is 1. The predicted molar refractivity (Wildman–Crippen MR) is 108 cm³/mol. The van der Waals surface area contributed by atoms with Gasteiger partial charge in [-0.05, 0) is 30.9 Å². The molecule has 154 valence electrons. The van der Waals surface area contributed by atoms with Crippen molar-refractivity contribution in [2.45, 2.75) is 19.3 Å². The molecule has 1 unspecified atom stereocenters. The van der Waals surface area contributed by atoms with Crippen molar-refractivity contribution in [3.8, 4) is 5.75 Å². The summed E-state index contributed by atoms with van der Waals surface area (Å²) < 4.78 is 5.30. The van der Waals surface area contributed by atoms with E-state index in [0.717, 1.165) is 24.5 Å². The summed E-state index contributed by atoms with van der Waals surface area (Å²) in [6, 6.07) is 7.34. The first-order valence-electron chi connectivity index (χ1n) is 9.72. The number of nitrogens with zero attached hydrogens (tertiary/aromatic N) is 3. The van der Waals surface area contributed by atoms with Crippen molar-refractivity contribution in [3.05, 3.63) is 48.4 Å². The lowest BCUT2D eigenvalue weighted by Crippen LogP contribution is -2.43. The van der Waals surface area contributed by atoms with Gasteiger partial charge in [-0.2, -0.15) is 0 Å². The molecule has 1 saturated heterocycles. The maximum absolute atomic E-state index is 12.6. The zero-order valence-corrected chi connectivity index (χ0v) is 16.5. The van der Waals surface area contributed by atoms with Gasteiger partial charge in [0.1, 0.15) is 11.6 Å². The normalized spacial score (nSPS) is 15.6. The second-order valence-electron chi connectivity index (χ2n) is 7.12. The van der Waals surface area contributed by atoms with Crippen LogP contribution in [0.1, 0.15) is 18.4 Å². The van der Waals surface area contributed by atoms with Crippen molar-refractivity contribution in [1.82, 2.24) is 15.3 Å². The number of aliphatic carboxylic acids is 1. The lowest BCUT2D eigenvalue weighted by Gasteiger charge is -2.32. The number of methoxy groups -OCH3 is 1. The Hall–Kier alpha value is -3.16. The fraction of sp³-hybridized carbons (Fsp3) is 0.429. The number of ether oxygens (including phenoxy) is 1. The van der Waals surface area contributed by atoms with Gasteiger partial charge in [-0.3, -0.25) is 14.6 Å². The molecule has 8 heteroatoms. The molecule has 1 aliphatic heterocycles. The molecule has 1 aromatic carbocycles. The molecule has 2 N–H and O–H groups in total. The van der Waals surface area contributed by atoms with E-state index in [1.165, 1.54) is 0 Å². The van der Waals surface area contributed by atoms with E-state index in [9.17, 15) is 14.7 Å². The molecule has 1 fully saturated rings. The Balaban J connectivity index is 1.51. The van der Waals surface area contributed by atoms with Gasteiger partial charge < -0.3 is 20.1 Å². The molecule has 3 rings (SSSR count). The molecule has 0 bridgehead atoms. The van der Waals surface area contributed by atoms with E-state index >= 15 is 0 Å². The average Bonchev–Trinajstić information content (AvgIpc) is 2.77. The summed E-state index contributed by atoms with van der Waals surface area (Å²) in [6.07, 6.45) is 6.70. The second-order valence-corrected chi connectivity index (χ2v) is 7.12. The smallest absolute Gasteiger partial charge is 0.308 e. The molecular formula is C21H26N4O4. The molecule has 8 nitrogen and oxygen atoms in total. The van der Waals surface area contributed by atoms with Crippen LogP contribution in [0.15, 0.2) is 42.9 Å². The number of rotatable bonds is 8. The maximum atomic E-state index is 12.6. The number of amides is 1. The summed E-state index contributed by atoms with van der Waals surface area (Å²) in [5.74, 6) is -0.391. The Morgan fingerprint density at radius 1 is 1.28 bits per heavy atom. The number of aromatic nitrogens is 2. The minimum absolute atomic E-state index is 0.0879. The molecule has 1 aliphatic rings. The summed E-state index contributed by atoms with van der Waals surface area (Å²) in [6.45, 7) is 1.54. The predicted octanol–water partition coefficient (Wildman–Crippen LogP) is 1.76. The van der Waals surface area contributed by atoms with Gasteiger partial charge in [-0.25, -0.2) is 4.98 Å². The highest BCUT2D eigenvalue weighted by atomic mass is 16.5. The number of carboxylic acid groups (broad SMARTS) is 1. The lowest BCUT2D eigenvalue weighted by atomic mass is 9.94. The van der Waals surface area contributed by atoms with Gasteiger partial charge in [0.05, 0.1) is 19.2 Å². The first-order valence-corrected chi connectivity index (χ1v) is 9.72. The second kappa shape index (κ2) is 9.86. The monoisotopic (exact) mass is 398 g/mol. The third-order valence-electron chi connectivity index (χ3n) is 5.27. The molecule has 1 amide bonds. The Bertz CT molecular complexity index is 822. The number of hydrogen-bond acceptors (Lipinski definition) is 6. The van der Waals surface area contributed by atoms with Crippen molar-refractivity contribution in [1.29, 1.82) is 0 Å². The van der Waals surface area contributed by atoms with Crippen LogP contribution in [0.3, 0.4) is 0 Å². The Morgan fingerprint density at radius 2 is 2.03 bits per heavy atom. The molecule has 0 spiro atoms. The summed E-state index contributed by atoms with van der Waals surface area (Å²) in [5, 5.41) is 12.4. The van der Waals surface area contributed by atoms with Gasteiger partial charge in [0.2, 0.25) is 5.91 Å². The van der Waals surface area contributed by atoms with Crippen LogP contribution in [-0.4, -0.2) is 53.7 Å². The SMILES string of the molecule is COc1ccccc1CC(CNC(=O)C1CCN(c2cnccn2)CC1)C(=O)O. The van der Waals surface area contributed by atoms with Crippen LogP contribution in [0.2, 0.25) is 0 Å². The molecule has 0 radical (unpaired) electrons. The Labute approximate surface area is 169 Å². The Morgan fingerprint density at radius 3 is 2.69 bits per heavy atom. The third-order valence-corrected chi connectivity index (χ3v) is 5.27. The van der Waals surface area contributed by atoms with Gasteiger partial charge in [0, 0.05) is 37.9 Å². The van der Waals surface area contributed by atoms with E-state index in [0.29, 0.717) is 25.0 Å². The van der Waals surface area contributed by atoms with Crippen LogP contribution in [0.25, 0.3) is 0 Å². The third kappa shape index (κ3) is 5.43. The van der Waals surface area contributed by atoms with Crippen LogP contribution in [-0.2, 0) is 16.0 Å². The number of carbonyl (C=O) groups is 2. The van der Waals surface area contributed by atoms with Crippen LogP contribution in [0.4, 0.5) is 5.82 Å². The van der Waals surface area contributed by atoms with E-state index < -0.39 is 11.9 Å². The zero-order valence-electron chi connectivity index (χ0n) is 16.5. The standard InChI is InChI=1S/C21H26N4O4/c1-29-18-5-3-2-4-16(18)12-17(21(27)28)13-24-20(26)15-6-10-25(11-7-15)19-14-22-8-9-23-19/h2-5,8-9,14-15,17H,6-7,10-13H2,1H3,(H,24,26)(H,27,28). The van der Waals surface area contributed by atoms with Crippen molar-refractivity contribution >= 4 is 17.7 Å². The zero-order chi connectivity index (χ0) is 20.6. The summed E-state index contributed by atoms with van der Waals surface area (Å²) in [7, 11) is 1.56. The minimum atomic E-state index is -0.936. The van der Waals surface area contributed by atoms with Gasteiger partial charge in [0.25, 0.3) is 0 Å². The number of anilines is 1. The van der Waals surface area contributed by atoms with Gasteiger partial charge in [0.15, 0.2) is 0 Å². The van der Waals surface area contributed by atoms with E-state index in [4.69, 9.17) is 4.74 Å². The van der Waals surface area contributed by atoms with Gasteiger partial charge in [-0.1, -0.05) is 18.2 Å². The van der Waals surface area contributed by atoms with Crippen molar-refractivity contribution in [2.24, 2.45) is 11.8 Å². The van der Waals surface area contributed by atoms with Crippen LogP contribution in [0, 0.1) is 11.8 Å². The minimum Gasteiger partial charge on any atom is -0.496 e. The van der Waals surface area contributed by atoms with Crippen LogP contribution < -0.4 is 15.0 Å². The molecule has 0 saturated carbocycles.